The minimum atomic E-state index is 0.625. The summed E-state index contributed by atoms with van der Waals surface area (Å²) in [6, 6.07) is 14.1. The number of pyridine rings is 1. The van der Waals surface area contributed by atoms with Gasteiger partial charge >= 0.3 is 0 Å². The molecular formula is C15H14N4. The van der Waals surface area contributed by atoms with Crippen LogP contribution in [0.3, 0.4) is 0 Å². The second kappa shape index (κ2) is 5.02. The van der Waals surface area contributed by atoms with E-state index < -0.39 is 0 Å². The average Bonchev–Trinajstić information content (AvgIpc) is 2.46. The zero-order valence-electron chi connectivity index (χ0n) is 10.7. The van der Waals surface area contributed by atoms with E-state index in [1.807, 2.05) is 30.3 Å². The Bertz CT molecular complexity index is 695. The molecule has 0 atom stereocenters. The molecule has 0 aliphatic heterocycles. The number of aromatic nitrogens is 3. The van der Waals surface area contributed by atoms with E-state index in [9.17, 15) is 0 Å². The van der Waals surface area contributed by atoms with E-state index in [0.29, 0.717) is 6.54 Å². The third kappa shape index (κ3) is 2.52. The van der Waals surface area contributed by atoms with Crippen LogP contribution in [-0.2, 0) is 6.54 Å². The molecule has 1 aromatic carbocycles. The standard InChI is InChI=1S/C15H14N4/c1-11-9-12-5-2-3-7-14(12)18-15(11)16-10-13-6-4-8-17-19-13/h2-9H,10H2,1H3,(H,16,18). The van der Waals surface area contributed by atoms with Crippen molar-refractivity contribution in [2.24, 2.45) is 0 Å². The number of fused-ring (bicyclic) bond motifs is 1. The molecule has 3 rings (SSSR count). The van der Waals surface area contributed by atoms with E-state index in [2.05, 4.69) is 39.6 Å². The summed E-state index contributed by atoms with van der Waals surface area (Å²) in [6.07, 6.45) is 1.67. The van der Waals surface area contributed by atoms with Crippen molar-refractivity contribution < 1.29 is 0 Å². The zero-order valence-corrected chi connectivity index (χ0v) is 10.7. The number of hydrogen-bond acceptors (Lipinski definition) is 4. The third-order valence-corrected chi connectivity index (χ3v) is 2.98. The molecule has 0 radical (unpaired) electrons. The largest absolute Gasteiger partial charge is 0.364 e. The first-order valence-electron chi connectivity index (χ1n) is 6.20. The summed E-state index contributed by atoms with van der Waals surface area (Å²) in [7, 11) is 0. The third-order valence-electron chi connectivity index (χ3n) is 2.98. The Morgan fingerprint density at radius 3 is 2.84 bits per heavy atom. The predicted octanol–water partition coefficient (Wildman–Crippen LogP) is 2.95. The minimum Gasteiger partial charge on any atom is -0.364 e. The lowest BCUT2D eigenvalue weighted by molar-refractivity contribution is 0.920. The van der Waals surface area contributed by atoms with Crippen molar-refractivity contribution in [3.63, 3.8) is 0 Å². The highest BCUT2D eigenvalue weighted by atomic mass is 15.1. The van der Waals surface area contributed by atoms with Gasteiger partial charge in [0.05, 0.1) is 17.8 Å². The van der Waals surface area contributed by atoms with Crippen LogP contribution in [0.25, 0.3) is 10.9 Å². The number of benzene rings is 1. The number of hydrogen-bond donors (Lipinski definition) is 1. The summed E-state index contributed by atoms with van der Waals surface area (Å²) < 4.78 is 0. The molecule has 0 amide bonds. The van der Waals surface area contributed by atoms with E-state index >= 15 is 0 Å². The lowest BCUT2D eigenvalue weighted by Gasteiger charge is -2.09. The fraction of sp³-hybridized carbons (Fsp3) is 0.133. The zero-order chi connectivity index (χ0) is 13.1. The number of para-hydroxylation sites is 1. The van der Waals surface area contributed by atoms with E-state index in [0.717, 1.165) is 28.0 Å². The second-order valence-corrected chi connectivity index (χ2v) is 4.42. The highest BCUT2D eigenvalue weighted by molar-refractivity contribution is 5.81. The molecule has 94 valence electrons. The van der Waals surface area contributed by atoms with Crippen molar-refractivity contribution in [3.05, 3.63) is 59.9 Å². The molecule has 4 nitrogen and oxygen atoms in total. The Morgan fingerprint density at radius 2 is 2.00 bits per heavy atom. The van der Waals surface area contributed by atoms with Gasteiger partial charge in [-0.15, -0.1) is 0 Å². The SMILES string of the molecule is Cc1cc2ccccc2nc1NCc1cccnn1. The highest BCUT2D eigenvalue weighted by Crippen LogP contribution is 2.19. The van der Waals surface area contributed by atoms with Crippen LogP contribution < -0.4 is 5.32 Å². The van der Waals surface area contributed by atoms with Crippen LogP contribution in [0.15, 0.2) is 48.7 Å². The first kappa shape index (κ1) is 11.6. The van der Waals surface area contributed by atoms with Crippen LogP contribution in [0, 0.1) is 6.92 Å². The molecule has 0 saturated heterocycles. The highest BCUT2D eigenvalue weighted by Gasteiger charge is 2.03. The van der Waals surface area contributed by atoms with E-state index in [-0.39, 0.29) is 0 Å². The molecule has 0 aliphatic rings. The van der Waals surface area contributed by atoms with Gasteiger partial charge in [-0.2, -0.15) is 10.2 Å². The van der Waals surface area contributed by atoms with Crippen molar-refractivity contribution in [3.8, 4) is 0 Å². The number of anilines is 1. The van der Waals surface area contributed by atoms with Crippen LogP contribution in [-0.4, -0.2) is 15.2 Å². The Kier molecular flexibility index (Phi) is 3.06. The normalized spacial score (nSPS) is 10.6. The summed E-state index contributed by atoms with van der Waals surface area (Å²) >= 11 is 0. The fourth-order valence-corrected chi connectivity index (χ4v) is 2.00. The van der Waals surface area contributed by atoms with Crippen molar-refractivity contribution in [1.29, 1.82) is 0 Å². The van der Waals surface area contributed by atoms with Crippen LogP contribution >= 0.6 is 0 Å². The molecule has 0 saturated carbocycles. The lowest BCUT2D eigenvalue weighted by Crippen LogP contribution is -2.05. The second-order valence-electron chi connectivity index (χ2n) is 4.42. The van der Waals surface area contributed by atoms with Gasteiger partial charge in [0.1, 0.15) is 5.82 Å². The van der Waals surface area contributed by atoms with E-state index in [4.69, 9.17) is 0 Å². The van der Waals surface area contributed by atoms with Gasteiger partial charge in [-0.3, -0.25) is 0 Å². The average molecular weight is 250 g/mol. The van der Waals surface area contributed by atoms with Crippen LogP contribution in [0.4, 0.5) is 5.82 Å². The quantitative estimate of drug-likeness (QED) is 0.776. The Balaban J connectivity index is 1.86. The number of nitrogens with one attached hydrogen (secondary N) is 1. The molecular weight excluding hydrogens is 236 g/mol. The molecule has 2 heterocycles. The van der Waals surface area contributed by atoms with Crippen molar-refractivity contribution in [2.75, 3.05) is 5.32 Å². The predicted molar refractivity (Wildman–Crippen MR) is 75.8 cm³/mol. The Labute approximate surface area is 111 Å². The molecule has 0 spiro atoms. The summed E-state index contributed by atoms with van der Waals surface area (Å²) in [6.45, 7) is 2.68. The lowest BCUT2D eigenvalue weighted by atomic mass is 10.1. The van der Waals surface area contributed by atoms with Crippen molar-refractivity contribution in [1.82, 2.24) is 15.2 Å². The maximum Gasteiger partial charge on any atom is 0.129 e. The molecule has 1 N–H and O–H groups in total. The van der Waals surface area contributed by atoms with Gasteiger partial charge in [-0.05, 0) is 36.8 Å². The minimum absolute atomic E-state index is 0.625. The van der Waals surface area contributed by atoms with Crippen LogP contribution in [0.5, 0.6) is 0 Å². The maximum atomic E-state index is 4.63. The maximum absolute atomic E-state index is 4.63. The van der Waals surface area contributed by atoms with Gasteiger partial charge in [-0.1, -0.05) is 18.2 Å². The number of rotatable bonds is 3. The smallest absolute Gasteiger partial charge is 0.129 e. The summed E-state index contributed by atoms with van der Waals surface area (Å²) in [5.41, 5.74) is 3.02. The van der Waals surface area contributed by atoms with Gasteiger partial charge in [-0.25, -0.2) is 4.98 Å². The summed E-state index contributed by atoms with van der Waals surface area (Å²) in [5.74, 6) is 0.893. The summed E-state index contributed by atoms with van der Waals surface area (Å²) in [5, 5.41) is 12.4. The van der Waals surface area contributed by atoms with Gasteiger partial charge in [0.25, 0.3) is 0 Å². The van der Waals surface area contributed by atoms with Crippen molar-refractivity contribution >= 4 is 16.7 Å². The van der Waals surface area contributed by atoms with Gasteiger partial charge in [0, 0.05) is 11.6 Å². The molecule has 2 aromatic heterocycles. The molecule has 0 bridgehead atoms. The van der Waals surface area contributed by atoms with Crippen LogP contribution in [0.1, 0.15) is 11.3 Å². The van der Waals surface area contributed by atoms with Gasteiger partial charge < -0.3 is 5.32 Å². The molecule has 0 unspecified atom stereocenters. The van der Waals surface area contributed by atoms with E-state index in [1.165, 1.54) is 0 Å². The monoisotopic (exact) mass is 250 g/mol. The molecule has 19 heavy (non-hydrogen) atoms. The first-order chi connectivity index (χ1) is 9.33. The summed E-state index contributed by atoms with van der Waals surface area (Å²) in [4.78, 5) is 4.63. The molecule has 0 aliphatic carbocycles. The van der Waals surface area contributed by atoms with Crippen LogP contribution in [0.2, 0.25) is 0 Å². The number of aryl methyl sites for hydroxylation is 1. The van der Waals surface area contributed by atoms with Gasteiger partial charge in [0.2, 0.25) is 0 Å². The Hall–Kier alpha value is -2.49. The Morgan fingerprint density at radius 1 is 1.11 bits per heavy atom. The topological polar surface area (TPSA) is 50.7 Å². The first-order valence-corrected chi connectivity index (χ1v) is 6.20. The fourth-order valence-electron chi connectivity index (χ4n) is 2.00. The molecule has 0 fully saturated rings. The molecule has 3 aromatic rings. The van der Waals surface area contributed by atoms with Gasteiger partial charge in [0.15, 0.2) is 0 Å². The van der Waals surface area contributed by atoms with E-state index in [1.54, 1.807) is 6.20 Å². The van der Waals surface area contributed by atoms with Crippen molar-refractivity contribution in [2.45, 2.75) is 13.5 Å². The number of nitrogens with zero attached hydrogens (tertiary/aromatic N) is 3. The molecule has 4 heteroatoms.